The summed E-state index contributed by atoms with van der Waals surface area (Å²) in [5.74, 6) is -1.16. The van der Waals surface area contributed by atoms with Crippen molar-refractivity contribution >= 4 is 28.1 Å². The maximum absolute atomic E-state index is 13.6. The molecule has 0 saturated carbocycles. The summed E-state index contributed by atoms with van der Waals surface area (Å²) in [6.45, 7) is 1.67. The van der Waals surface area contributed by atoms with E-state index in [-0.39, 0.29) is 15.9 Å². The van der Waals surface area contributed by atoms with Crippen molar-refractivity contribution < 1.29 is 8.78 Å². The molecule has 2 rings (SSSR count). The van der Waals surface area contributed by atoms with Crippen molar-refractivity contribution in [1.29, 1.82) is 0 Å². The lowest BCUT2D eigenvalue weighted by atomic mass is 10.1. The second kappa shape index (κ2) is 3.75. The first-order chi connectivity index (χ1) is 7.50. The molecule has 5 heteroatoms. The minimum absolute atomic E-state index is 0.0278. The van der Waals surface area contributed by atoms with Crippen LogP contribution in [0.4, 0.5) is 8.78 Å². The van der Waals surface area contributed by atoms with Crippen LogP contribution in [0.15, 0.2) is 18.2 Å². The minimum atomic E-state index is -0.586. The molecule has 0 spiro atoms. The van der Waals surface area contributed by atoms with E-state index in [4.69, 9.17) is 18.0 Å². The van der Waals surface area contributed by atoms with Crippen LogP contribution in [0.3, 0.4) is 0 Å². The highest BCUT2D eigenvalue weighted by atomic mass is 32.1. The number of nitrogens with two attached hydrogens (primary N) is 1. The second-order valence-electron chi connectivity index (χ2n) is 3.43. The van der Waals surface area contributed by atoms with Gasteiger partial charge in [0.2, 0.25) is 0 Å². The molecule has 0 amide bonds. The van der Waals surface area contributed by atoms with Crippen molar-refractivity contribution in [3.8, 4) is 0 Å². The number of thiocarbonyl (C=S) groups is 1. The number of hydrogen-bond acceptors (Lipinski definition) is 2. The third kappa shape index (κ3) is 1.63. The molecule has 0 fully saturated rings. The predicted octanol–water partition coefficient (Wildman–Crippen LogP) is 2.46. The monoisotopic (exact) mass is 238 g/mol. The average Bonchev–Trinajstić information content (AvgIpc) is 2.22. The Hall–Kier alpha value is -1.62. The summed E-state index contributed by atoms with van der Waals surface area (Å²) in [4.78, 5) is 3.98. The fourth-order valence-corrected chi connectivity index (χ4v) is 1.75. The molecule has 1 heterocycles. The maximum Gasteiger partial charge on any atom is 0.149 e. The molecule has 0 radical (unpaired) electrons. The highest BCUT2D eigenvalue weighted by Crippen LogP contribution is 2.23. The fourth-order valence-electron chi connectivity index (χ4n) is 1.59. The van der Waals surface area contributed by atoms with Gasteiger partial charge in [0.05, 0.1) is 0 Å². The van der Waals surface area contributed by atoms with E-state index in [1.165, 1.54) is 0 Å². The van der Waals surface area contributed by atoms with Crippen LogP contribution in [0.5, 0.6) is 0 Å². The van der Waals surface area contributed by atoms with E-state index in [1.807, 2.05) is 0 Å². The zero-order valence-electron chi connectivity index (χ0n) is 8.42. The smallest absolute Gasteiger partial charge is 0.149 e. The van der Waals surface area contributed by atoms with Crippen molar-refractivity contribution in [3.63, 3.8) is 0 Å². The summed E-state index contributed by atoms with van der Waals surface area (Å²) in [5, 5.41) is 0.0399. The largest absolute Gasteiger partial charge is 0.389 e. The fraction of sp³-hybridized carbons (Fsp3) is 0.0909. The maximum atomic E-state index is 13.6. The number of rotatable bonds is 1. The molecule has 2 aromatic rings. The average molecular weight is 238 g/mol. The summed E-state index contributed by atoms with van der Waals surface area (Å²) in [6, 6.07) is 3.62. The van der Waals surface area contributed by atoms with Gasteiger partial charge >= 0.3 is 0 Å². The minimum Gasteiger partial charge on any atom is -0.389 e. The third-order valence-electron chi connectivity index (χ3n) is 2.25. The molecule has 2 nitrogen and oxygen atoms in total. The predicted molar refractivity (Wildman–Crippen MR) is 62.3 cm³/mol. The standard InChI is InChI=1S/C11H8F2N2S/c1-5-4-6(11(14)16)9-7(12)2-3-8(13)10(9)15-5/h2-4H,1H3,(H2,14,16). The van der Waals surface area contributed by atoms with E-state index in [0.717, 1.165) is 12.1 Å². The molecule has 0 bridgehead atoms. The molecular formula is C11H8F2N2S. The van der Waals surface area contributed by atoms with Gasteiger partial charge in [-0.1, -0.05) is 12.2 Å². The quantitative estimate of drug-likeness (QED) is 0.776. The van der Waals surface area contributed by atoms with Gasteiger partial charge < -0.3 is 5.73 Å². The summed E-state index contributed by atoms with van der Waals surface area (Å²) in [6.07, 6.45) is 0. The van der Waals surface area contributed by atoms with Crippen LogP contribution < -0.4 is 5.73 Å². The van der Waals surface area contributed by atoms with Gasteiger partial charge in [-0.3, -0.25) is 0 Å². The van der Waals surface area contributed by atoms with Gasteiger partial charge in [-0.25, -0.2) is 13.8 Å². The van der Waals surface area contributed by atoms with Crippen molar-refractivity contribution in [2.45, 2.75) is 6.92 Å². The Balaban J connectivity index is 3.00. The third-order valence-corrected chi connectivity index (χ3v) is 2.47. The Morgan fingerprint density at radius 2 is 1.94 bits per heavy atom. The first-order valence-corrected chi connectivity index (χ1v) is 4.96. The Bertz CT molecular complexity index is 596. The van der Waals surface area contributed by atoms with Gasteiger partial charge in [0.15, 0.2) is 0 Å². The van der Waals surface area contributed by atoms with Crippen LogP contribution in [0.25, 0.3) is 10.9 Å². The van der Waals surface area contributed by atoms with Crippen LogP contribution in [-0.4, -0.2) is 9.97 Å². The lowest BCUT2D eigenvalue weighted by molar-refractivity contribution is 0.615. The van der Waals surface area contributed by atoms with Crippen LogP contribution in [0.1, 0.15) is 11.3 Å². The zero-order valence-corrected chi connectivity index (χ0v) is 9.24. The number of hydrogen-bond donors (Lipinski definition) is 1. The Kier molecular flexibility index (Phi) is 2.55. The van der Waals surface area contributed by atoms with Gasteiger partial charge in [0.1, 0.15) is 22.1 Å². The van der Waals surface area contributed by atoms with Crippen molar-refractivity contribution in [3.05, 3.63) is 41.1 Å². The molecule has 82 valence electrons. The van der Waals surface area contributed by atoms with Gasteiger partial charge in [-0.15, -0.1) is 0 Å². The number of halogens is 2. The van der Waals surface area contributed by atoms with Crippen LogP contribution >= 0.6 is 12.2 Å². The SMILES string of the molecule is Cc1cc(C(N)=S)c2c(F)ccc(F)c2n1. The topological polar surface area (TPSA) is 38.9 Å². The normalized spacial score (nSPS) is 10.7. The number of benzene rings is 1. The molecule has 1 aromatic carbocycles. The second-order valence-corrected chi connectivity index (χ2v) is 3.87. The van der Waals surface area contributed by atoms with Gasteiger partial charge in [-0.2, -0.15) is 0 Å². The van der Waals surface area contributed by atoms with Gasteiger partial charge in [0, 0.05) is 16.6 Å². The van der Waals surface area contributed by atoms with Crippen molar-refractivity contribution in [1.82, 2.24) is 4.98 Å². The molecule has 1 aromatic heterocycles. The van der Waals surface area contributed by atoms with Crippen LogP contribution in [0.2, 0.25) is 0 Å². The number of aryl methyl sites for hydroxylation is 1. The Labute approximate surface area is 96.1 Å². The van der Waals surface area contributed by atoms with E-state index < -0.39 is 11.6 Å². The molecule has 2 N–H and O–H groups in total. The van der Waals surface area contributed by atoms with E-state index in [0.29, 0.717) is 11.3 Å². The van der Waals surface area contributed by atoms with E-state index in [1.54, 1.807) is 13.0 Å². The van der Waals surface area contributed by atoms with Gasteiger partial charge in [0.25, 0.3) is 0 Å². The van der Waals surface area contributed by atoms with Crippen LogP contribution in [-0.2, 0) is 0 Å². The lowest BCUT2D eigenvalue weighted by Gasteiger charge is -2.07. The highest BCUT2D eigenvalue weighted by molar-refractivity contribution is 7.80. The van der Waals surface area contributed by atoms with Gasteiger partial charge in [-0.05, 0) is 25.1 Å². The molecule has 0 unspecified atom stereocenters. The summed E-state index contributed by atoms with van der Waals surface area (Å²) in [7, 11) is 0. The number of pyridine rings is 1. The van der Waals surface area contributed by atoms with Crippen LogP contribution in [0, 0.1) is 18.6 Å². The number of nitrogens with zero attached hydrogens (tertiary/aromatic N) is 1. The highest BCUT2D eigenvalue weighted by Gasteiger charge is 2.14. The molecular weight excluding hydrogens is 230 g/mol. The van der Waals surface area contributed by atoms with E-state index in [2.05, 4.69) is 4.98 Å². The Morgan fingerprint density at radius 3 is 2.56 bits per heavy atom. The van der Waals surface area contributed by atoms with Crippen molar-refractivity contribution in [2.75, 3.05) is 0 Å². The molecule has 0 atom stereocenters. The van der Waals surface area contributed by atoms with E-state index >= 15 is 0 Å². The van der Waals surface area contributed by atoms with Crippen molar-refractivity contribution in [2.24, 2.45) is 5.73 Å². The first kappa shape index (κ1) is 10.9. The molecule has 0 aliphatic carbocycles. The summed E-state index contributed by atoms with van der Waals surface area (Å²) in [5.41, 5.74) is 6.30. The zero-order chi connectivity index (χ0) is 11.9. The number of fused-ring (bicyclic) bond motifs is 1. The molecule has 0 aliphatic heterocycles. The first-order valence-electron chi connectivity index (χ1n) is 4.56. The number of aromatic nitrogens is 1. The summed E-state index contributed by atoms with van der Waals surface area (Å²) >= 11 is 4.81. The lowest BCUT2D eigenvalue weighted by Crippen LogP contribution is -2.12. The van der Waals surface area contributed by atoms with E-state index in [9.17, 15) is 8.78 Å². The summed E-state index contributed by atoms with van der Waals surface area (Å²) < 4.78 is 27.1. The molecule has 0 aliphatic rings. The molecule has 0 saturated heterocycles. The molecule has 16 heavy (non-hydrogen) atoms. The Morgan fingerprint density at radius 1 is 1.31 bits per heavy atom.